The molecule has 7 nitrogen and oxygen atoms in total. The summed E-state index contributed by atoms with van der Waals surface area (Å²) in [6.45, 7) is 1.58. The Labute approximate surface area is 116 Å². The number of likely N-dealkylation sites (N-methyl/N-ethyl adjacent to an activating group) is 1. The molecule has 20 heavy (non-hydrogen) atoms. The van der Waals surface area contributed by atoms with Crippen molar-refractivity contribution in [2.75, 3.05) is 14.2 Å². The summed E-state index contributed by atoms with van der Waals surface area (Å²) in [4.78, 5) is 22.1. The van der Waals surface area contributed by atoms with E-state index in [2.05, 4.69) is 5.32 Å². The molecule has 0 aliphatic rings. The van der Waals surface area contributed by atoms with Gasteiger partial charge in [0.05, 0.1) is 23.6 Å². The molecule has 0 fully saturated rings. The Morgan fingerprint density at radius 1 is 1.50 bits per heavy atom. The van der Waals surface area contributed by atoms with Gasteiger partial charge in [-0.2, -0.15) is 0 Å². The fourth-order valence-electron chi connectivity index (χ4n) is 1.91. The number of nitrogens with zero attached hydrogens (tertiary/aromatic N) is 1. The fraction of sp³-hybridized carbons (Fsp3) is 0.308. The highest BCUT2D eigenvalue weighted by molar-refractivity contribution is 5.90. The molecule has 108 valence electrons. The number of allylic oxidation sites excluding steroid dienone is 1. The maximum Gasteiger partial charge on any atom is 0.337 e. The van der Waals surface area contributed by atoms with Crippen molar-refractivity contribution in [1.82, 2.24) is 5.32 Å². The minimum atomic E-state index is -0.577. The molecule has 0 spiro atoms. The average Bonchev–Trinajstić information content (AvgIpc) is 2.43. The Balaban J connectivity index is 3.31. The second-order valence-electron chi connectivity index (χ2n) is 4.16. The largest absolute Gasteiger partial charge is 0.466 e. The zero-order valence-corrected chi connectivity index (χ0v) is 11.5. The number of nitrogens with two attached hydrogens (primary N) is 1. The van der Waals surface area contributed by atoms with Crippen molar-refractivity contribution >= 4 is 11.7 Å². The van der Waals surface area contributed by atoms with Gasteiger partial charge in [-0.05, 0) is 19.5 Å². The predicted molar refractivity (Wildman–Crippen MR) is 73.8 cm³/mol. The summed E-state index contributed by atoms with van der Waals surface area (Å²) in [7, 11) is 2.89. The molecule has 0 aliphatic carbocycles. The molecule has 3 N–H and O–H groups in total. The van der Waals surface area contributed by atoms with Crippen LogP contribution in [0.1, 0.15) is 18.5 Å². The number of benzene rings is 1. The van der Waals surface area contributed by atoms with Crippen molar-refractivity contribution in [2.45, 2.75) is 13.0 Å². The average molecular weight is 279 g/mol. The number of hydrogen-bond acceptors (Lipinski definition) is 6. The SMILES string of the molecule is CNC(/C(C(=O)OC)=C(/C)N)c1cccc([N+](=O)[O-])c1. The highest BCUT2D eigenvalue weighted by Crippen LogP contribution is 2.26. The second-order valence-corrected chi connectivity index (χ2v) is 4.16. The monoisotopic (exact) mass is 279 g/mol. The number of nitrogens with one attached hydrogen (secondary N) is 1. The number of carbonyl (C=O) groups excluding carboxylic acids is 1. The summed E-state index contributed by atoms with van der Waals surface area (Å²) >= 11 is 0. The lowest BCUT2D eigenvalue weighted by Gasteiger charge is -2.19. The zero-order chi connectivity index (χ0) is 15.3. The first-order chi connectivity index (χ1) is 9.42. The first-order valence-corrected chi connectivity index (χ1v) is 5.88. The molecule has 0 saturated heterocycles. The number of nitro benzene ring substituents is 1. The molecule has 0 heterocycles. The van der Waals surface area contributed by atoms with Crippen LogP contribution in [0.15, 0.2) is 35.5 Å². The number of non-ortho nitro benzene ring substituents is 1. The van der Waals surface area contributed by atoms with Crippen LogP contribution in [0.5, 0.6) is 0 Å². The van der Waals surface area contributed by atoms with E-state index in [-0.39, 0.29) is 11.3 Å². The van der Waals surface area contributed by atoms with E-state index in [1.54, 1.807) is 26.1 Å². The second kappa shape index (κ2) is 6.67. The molecule has 1 rings (SSSR count). The highest BCUT2D eigenvalue weighted by atomic mass is 16.6. The number of esters is 1. The summed E-state index contributed by atoms with van der Waals surface area (Å²) in [6.07, 6.45) is 0. The van der Waals surface area contributed by atoms with Gasteiger partial charge in [-0.3, -0.25) is 10.1 Å². The van der Waals surface area contributed by atoms with E-state index in [0.717, 1.165) is 0 Å². The van der Waals surface area contributed by atoms with E-state index in [1.165, 1.54) is 19.2 Å². The van der Waals surface area contributed by atoms with Gasteiger partial charge in [0.15, 0.2) is 0 Å². The molecule has 0 aliphatic heterocycles. The predicted octanol–water partition coefficient (Wildman–Crippen LogP) is 1.26. The van der Waals surface area contributed by atoms with Crippen LogP contribution < -0.4 is 11.1 Å². The zero-order valence-electron chi connectivity index (χ0n) is 11.5. The summed E-state index contributed by atoms with van der Waals surface area (Å²) < 4.78 is 4.70. The van der Waals surface area contributed by atoms with Gasteiger partial charge in [-0.15, -0.1) is 0 Å². The van der Waals surface area contributed by atoms with Gasteiger partial charge in [-0.1, -0.05) is 12.1 Å². The van der Waals surface area contributed by atoms with Crippen LogP contribution in [0, 0.1) is 10.1 Å². The third-order valence-corrected chi connectivity index (χ3v) is 2.82. The quantitative estimate of drug-likeness (QED) is 0.363. The number of nitro groups is 1. The van der Waals surface area contributed by atoms with E-state index in [4.69, 9.17) is 10.5 Å². The summed E-state index contributed by atoms with van der Waals surface area (Å²) in [5.41, 5.74) is 6.76. The molecule has 1 aromatic rings. The maximum absolute atomic E-state index is 11.8. The summed E-state index contributed by atoms with van der Waals surface area (Å²) in [5.74, 6) is -0.573. The number of methoxy groups -OCH3 is 1. The van der Waals surface area contributed by atoms with Gasteiger partial charge in [0.1, 0.15) is 0 Å². The number of hydrogen-bond donors (Lipinski definition) is 2. The molecule has 0 bridgehead atoms. The van der Waals surface area contributed by atoms with Crippen LogP contribution in [-0.2, 0) is 9.53 Å². The van der Waals surface area contributed by atoms with E-state index in [0.29, 0.717) is 11.3 Å². The number of carbonyl (C=O) groups is 1. The standard InChI is InChI=1S/C13H17N3O4/c1-8(14)11(13(17)20-3)12(15-2)9-5-4-6-10(7-9)16(18)19/h4-7,12,15H,14H2,1-3H3/b11-8+. The smallest absolute Gasteiger partial charge is 0.337 e. The molecule has 0 amide bonds. The van der Waals surface area contributed by atoms with Crippen molar-refractivity contribution in [2.24, 2.45) is 5.73 Å². The Morgan fingerprint density at radius 2 is 2.15 bits per heavy atom. The fourth-order valence-corrected chi connectivity index (χ4v) is 1.91. The van der Waals surface area contributed by atoms with Gasteiger partial charge < -0.3 is 15.8 Å². The lowest BCUT2D eigenvalue weighted by Crippen LogP contribution is -2.26. The van der Waals surface area contributed by atoms with Crippen molar-refractivity contribution in [3.8, 4) is 0 Å². The van der Waals surface area contributed by atoms with Gasteiger partial charge >= 0.3 is 5.97 Å². The van der Waals surface area contributed by atoms with Gasteiger partial charge in [0.25, 0.3) is 5.69 Å². The summed E-state index contributed by atoms with van der Waals surface area (Å²) in [5, 5.41) is 13.7. The van der Waals surface area contributed by atoms with Crippen LogP contribution in [0.25, 0.3) is 0 Å². The van der Waals surface area contributed by atoms with Crippen molar-refractivity contribution in [3.05, 3.63) is 51.2 Å². The van der Waals surface area contributed by atoms with Crippen LogP contribution in [0.3, 0.4) is 0 Å². The normalized spacial score (nSPS) is 13.3. The van der Waals surface area contributed by atoms with Crippen molar-refractivity contribution < 1.29 is 14.5 Å². The number of ether oxygens (including phenoxy) is 1. The molecule has 0 aromatic heterocycles. The van der Waals surface area contributed by atoms with Crippen LogP contribution in [-0.4, -0.2) is 25.1 Å². The molecule has 1 unspecified atom stereocenters. The lowest BCUT2D eigenvalue weighted by molar-refractivity contribution is -0.384. The van der Waals surface area contributed by atoms with Gasteiger partial charge in [-0.25, -0.2) is 4.79 Å². The summed E-state index contributed by atoms with van der Waals surface area (Å²) in [6, 6.07) is 5.44. The molecule has 7 heteroatoms. The maximum atomic E-state index is 11.8. The third kappa shape index (κ3) is 3.33. The van der Waals surface area contributed by atoms with Crippen molar-refractivity contribution in [3.63, 3.8) is 0 Å². The number of rotatable bonds is 5. The highest BCUT2D eigenvalue weighted by Gasteiger charge is 2.25. The Morgan fingerprint density at radius 3 is 2.60 bits per heavy atom. The molecule has 1 atom stereocenters. The molecule has 1 aromatic carbocycles. The van der Waals surface area contributed by atoms with Crippen LogP contribution in [0.4, 0.5) is 5.69 Å². The Bertz CT molecular complexity index is 550. The Hall–Kier alpha value is -2.41. The van der Waals surface area contributed by atoms with Gasteiger partial charge in [0.2, 0.25) is 0 Å². The van der Waals surface area contributed by atoms with E-state index in [9.17, 15) is 14.9 Å². The first kappa shape index (κ1) is 15.6. The minimum Gasteiger partial charge on any atom is -0.466 e. The van der Waals surface area contributed by atoms with Crippen molar-refractivity contribution in [1.29, 1.82) is 0 Å². The molecular formula is C13H17N3O4. The lowest BCUT2D eigenvalue weighted by atomic mass is 9.97. The minimum absolute atomic E-state index is 0.0540. The van der Waals surface area contributed by atoms with E-state index < -0.39 is 16.9 Å². The molecule has 0 radical (unpaired) electrons. The first-order valence-electron chi connectivity index (χ1n) is 5.88. The molecular weight excluding hydrogens is 262 g/mol. The van der Waals surface area contributed by atoms with E-state index in [1.807, 2.05) is 0 Å². The van der Waals surface area contributed by atoms with E-state index >= 15 is 0 Å². The molecule has 0 saturated carbocycles. The third-order valence-electron chi connectivity index (χ3n) is 2.82. The van der Waals surface area contributed by atoms with Gasteiger partial charge in [0, 0.05) is 17.8 Å². The van der Waals surface area contributed by atoms with Crippen LogP contribution >= 0.6 is 0 Å². The Kier molecular flexibility index (Phi) is 5.22. The topological polar surface area (TPSA) is 107 Å². The van der Waals surface area contributed by atoms with Crippen LogP contribution in [0.2, 0.25) is 0 Å².